The summed E-state index contributed by atoms with van der Waals surface area (Å²) < 4.78 is 273. The van der Waals surface area contributed by atoms with Crippen LogP contribution in [0.25, 0.3) is 0 Å². The molecule has 0 aliphatic rings. The van der Waals surface area contributed by atoms with Crippen molar-refractivity contribution in [3.8, 4) is 0 Å². The lowest BCUT2D eigenvalue weighted by Gasteiger charge is -2.48. The van der Waals surface area contributed by atoms with Gasteiger partial charge in [-0.25, -0.2) is 83.6 Å². The van der Waals surface area contributed by atoms with E-state index in [-0.39, 0.29) is 0 Å². The molecule has 4 nitrogen and oxygen atoms in total. The van der Waals surface area contributed by atoms with Gasteiger partial charge in [0.05, 0.1) is 0 Å². The third-order valence-corrected chi connectivity index (χ3v) is 7.84. The fraction of sp³-hybridized carbons (Fsp3) is 1.00. The first-order valence-electron chi connectivity index (χ1n) is 10.3. The van der Waals surface area contributed by atoms with Crippen LogP contribution in [0.15, 0.2) is 0 Å². The second-order valence-corrected chi connectivity index (χ2v) is 10.3. The molecule has 0 N–H and O–H groups in total. The fourth-order valence-electron chi connectivity index (χ4n) is 2.70. The highest BCUT2D eigenvalue weighted by Crippen LogP contribution is 2.67. The fourth-order valence-corrected chi connectivity index (χ4v) is 4.95. The summed E-state index contributed by atoms with van der Waals surface area (Å²) >= 11 is 0. The van der Waals surface area contributed by atoms with E-state index in [1.165, 1.54) is 0 Å². The van der Waals surface area contributed by atoms with E-state index in [2.05, 4.69) is 13.6 Å². The summed E-state index contributed by atoms with van der Waals surface area (Å²) in [6.45, 7) is -23.4. The van der Waals surface area contributed by atoms with Crippen LogP contribution >= 0.6 is 7.82 Å². The summed E-state index contributed by atoms with van der Waals surface area (Å²) in [5.74, 6) is -36.0. The van der Waals surface area contributed by atoms with Gasteiger partial charge in [-0.2, -0.15) is 0 Å². The van der Waals surface area contributed by atoms with Crippen LogP contribution in [-0.4, -0.2) is 92.4 Å². The van der Waals surface area contributed by atoms with Gasteiger partial charge in [0.25, 0.3) is 0 Å². The van der Waals surface area contributed by atoms with E-state index in [0.717, 1.165) is 0 Å². The molecule has 0 aromatic rings. The molecule has 0 aliphatic heterocycles. The highest BCUT2D eigenvalue weighted by Gasteiger charge is 2.77. The van der Waals surface area contributed by atoms with Crippen molar-refractivity contribution in [2.24, 2.45) is 0 Å². The zero-order valence-corrected chi connectivity index (χ0v) is 21.5. The first-order chi connectivity index (χ1) is 18.0. The normalized spacial score (nSPS) is 15.9. The standard InChI is InChI=1S/C18H21F18O4P/c1-10(13(25,26)4-19,14(27,28)5-20)38-41(37,39-11(2,15(29,30)6-21)16(31,32)7-22)40-12(3,17(33,34)8-23)18(35,36)9-24/h4-9H2,1-3H3. The second kappa shape index (κ2) is 12.1. The Morgan fingerprint density at radius 1 is 0.390 bits per heavy atom. The molecule has 0 radical (unpaired) electrons. The van der Waals surface area contributed by atoms with Crippen LogP contribution < -0.4 is 0 Å². The van der Waals surface area contributed by atoms with Crippen molar-refractivity contribution in [2.75, 3.05) is 40.0 Å². The Morgan fingerprint density at radius 3 is 0.610 bits per heavy atom. The van der Waals surface area contributed by atoms with Gasteiger partial charge in [0, 0.05) is 0 Å². The molecule has 0 aliphatic carbocycles. The first-order valence-corrected chi connectivity index (χ1v) is 11.8. The van der Waals surface area contributed by atoms with Crippen LogP contribution in [0.1, 0.15) is 20.8 Å². The smallest absolute Gasteiger partial charge is 0.267 e. The molecule has 41 heavy (non-hydrogen) atoms. The van der Waals surface area contributed by atoms with Crippen LogP contribution in [0.5, 0.6) is 0 Å². The van der Waals surface area contributed by atoms with Crippen molar-refractivity contribution < 1.29 is 97.2 Å². The minimum Gasteiger partial charge on any atom is -0.267 e. The lowest BCUT2D eigenvalue weighted by molar-refractivity contribution is -0.313. The van der Waals surface area contributed by atoms with Crippen molar-refractivity contribution in [3.63, 3.8) is 0 Å². The SMILES string of the molecule is CC(OP(=O)(OC(C)(C(F)(F)CF)C(F)(F)CF)OC(C)(C(F)(F)CF)C(F)(F)CF)(C(F)(F)CF)C(F)(F)CF. The van der Waals surface area contributed by atoms with Crippen molar-refractivity contribution >= 4 is 7.82 Å². The lowest BCUT2D eigenvalue weighted by atomic mass is 9.91. The zero-order valence-electron chi connectivity index (χ0n) is 20.6. The molecule has 0 aromatic carbocycles. The number of rotatable bonds is 18. The van der Waals surface area contributed by atoms with Gasteiger partial charge in [-0.15, -0.1) is 0 Å². The molecular formula is C18H21F18O4P. The minimum absolute atomic E-state index is 0.888. The van der Waals surface area contributed by atoms with Crippen LogP contribution in [0, 0.1) is 0 Å². The molecule has 0 fully saturated rings. The third-order valence-electron chi connectivity index (χ3n) is 6.08. The molecule has 0 atom stereocenters. The zero-order chi connectivity index (χ0) is 33.4. The highest BCUT2D eigenvalue weighted by atomic mass is 31.2. The van der Waals surface area contributed by atoms with Crippen molar-refractivity contribution in [3.05, 3.63) is 0 Å². The monoisotopic (exact) mass is 674 g/mol. The Labute approximate surface area is 219 Å². The maximum atomic E-state index is 14.3. The third kappa shape index (κ3) is 6.68. The summed E-state index contributed by atoms with van der Waals surface area (Å²) in [5.41, 5.74) is -16.7. The van der Waals surface area contributed by atoms with Gasteiger partial charge in [-0.3, -0.25) is 13.6 Å². The topological polar surface area (TPSA) is 44.8 Å². The van der Waals surface area contributed by atoms with Crippen molar-refractivity contribution in [1.82, 2.24) is 0 Å². The maximum absolute atomic E-state index is 14.3. The molecule has 0 bridgehead atoms. The quantitative estimate of drug-likeness (QED) is 0.109. The molecule has 0 heterocycles. The highest BCUT2D eigenvalue weighted by molar-refractivity contribution is 7.48. The Morgan fingerprint density at radius 2 is 0.512 bits per heavy atom. The van der Waals surface area contributed by atoms with E-state index in [9.17, 15) is 83.6 Å². The molecule has 23 heteroatoms. The van der Waals surface area contributed by atoms with Gasteiger partial charge >= 0.3 is 43.4 Å². The van der Waals surface area contributed by atoms with E-state index in [4.69, 9.17) is 0 Å². The summed E-state index contributed by atoms with van der Waals surface area (Å²) in [6.07, 6.45) is 0. The Kier molecular flexibility index (Phi) is 11.8. The number of halogens is 18. The number of hydrogen-bond donors (Lipinski definition) is 0. The van der Waals surface area contributed by atoms with Crippen LogP contribution in [0.3, 0.4) is 0 Å². The minimum atomic E-state index is -8.12. The van der Waals surface area contributed by atoms with Crippen LogP contribution in [0.4, 0.5) is 79.0 Å². The van der Waals surface area contributed by atoms with E-state index in [1.807, 2.05) is 0 Å². The lowest BCUT2D eigenvalue weighted by Crippen LogP contribution is -2.66. The van der Waals surface area contributed by atoms with Gasteiger partial charge < -0.3 is 0 Å². The molecule has 0 amide bonds. The average Bonchev–Trinajstić information content (AvgIpc) is 2.87. The van der Waals surface area contributed by atoms with Crippen LogP contribution in [0.2, 0.25) is 0 Å². The molecule has 0 unspecified atom stereocenters. The Hall–Kier alpha value is -1.15. The molecular weight excluding hydrogens is 653 g/mol. The van der Waals surface area contributed by atoms with Gasteiger partial charge in [-0.1, -0.05) is 0 Å². The van der Waals surface area contributed by atoms with E-state index in [1.54, 1.807) is 0 Å². The molecule has 0 aromatic heterocycles. The molecule has 0 spiro atoms. The van der Waals surface area contributed by atoms with Crippen LogP contribution in [-0.2, 0) is 18.1 Å². The number of alkyl halides is 18. The van der Waals surface area contributed by atoms with Gasteiger partial charge in [-0.05, 0) is 20.8 Å². The number of phosphoric acid groups is 1. The predicted molar refractivity (Wildman–Crippen MR) is 102 cm³/mol. The number of phosphoric ester groups is 1. The summed E-state index contributed by atoms with van der Waals surface area (Å²) in [4.78, 5) is 0. The second-order valence-electron chi connectivity index (χ2n) is 8.85. The maximum Gasteiger partial charge on any atom is 0.477 e. The summed E-state index contributed by atoms with van der Waals surface area (Å²) in [5, 5.41) is 0. The average molecular weight is 674 g/mol. The summed E-state index contributed by atoms with van der Waals surface area (Å²) in [6, 6.07) is 0. The van der Waals surface area contributed by atoms with Crippen molar-refractivity contribution in [2.45, 2.75) is 73.1 Å². The number of hydrogen-bond acceptors (Lipinski definition) is 4. The van der Waals surface area contributed by atoms with Gasteiger partial charge in [0.2, 0.25) is 16.8 Å². The largest absolute Gasteiger partial charge is 0.477 e. The molecule has 0 rings (SSSR count). The first kappa shape index (κ1) is 39.8. The molecule has 0 saturated heterocycles. The Bertz CT molecular complexity index is 767. The summed E-state index contributed by atoms with van der Waals surface area (Å²) in [7, 11) is -8.12. The Balaban J connectivity index is 7.97. The molecule has 248 valence electrons. The van der Waals surface area contributed by atoms with Crippen molar-refractivity contribution in [1.29, 1.82) is 0 Å². The van der Waals surface area contributed by atoms with E-state index in [0.29, 0.717) is 0 Å². The van der Waals surface area contributed by atoms with E-state index < -0.39 is 121 Å². The van der Waals surface area contributed by atoms with Gasteiger partial charge in [0.15, 0.2) is 40.0 Å². The van der Waals surface area contributed by atoms with E-state index >= 15 is 0 Å². The predicted octanol–water partition coefficient (Wildman–Crippen LogP) is 8.05. The van der Waals surface area contributed by atoms with Gasteiger partial charge in [0.1, 0.15) is 0 Å². The molecule has 0 saturated carbocycles.